The van der Waals surface area contributed by atoms with Crippen molar-refractivity contribution < 1.29 is 18.3 Å². The zero-order chi connectivity index (χ0) is 17.0. The zero-order valence-electron chi connectivity index (χ0n) is 13.0. The lowest BCUT2D eigenvalue weighted by molar-refractivity contribution is -0.138. The fraction of sp³-hybridized carbons (Fsp3) is 0.235. The first-order valence-electron chi connectivity index (χ1n) is 7.28. The Labute approximate surface area is 136 Å². The van der Waals surface area contributed by atoms with Gasteiger partial charge in [0.05, 0.1) is 16.5 Å². The van der Waals surface area contributed by atoms with Crippen LogP contribution in [0.3, 0.4) is 0 Å². The van der Waals surface area contributed by atoms with Crippen molar-refractivity contribution in [2.24, 2.45) is 0 Å². The van der Waals surface area contributed by atoms with Gasteiger partial charge in [-0.15, -0.1) is 0 Å². The SMILES string of the molecule is CCc1ccc(S(=O)(=O)Nc2ccccc2[C@@H](C)C(=O)O)cc1. The van der Waals surface area contributed by atoms with Gasteiger partial charge in [0.15, 0.2) is 0 Å². The summed E-state index contributed by atoms with van der Waals surface area (Å²) in [6.45, 7) is 3.51. The van der Waals surface area contributed by atoms with E-state index >= 15 is 0 Å². The number of sulfonamides is 1. The Morgan fingerprint density at radius 3 is 2.30 bits per heavy atom. The number of anilines is 1. The number of hydrogen-bond donors (Lipinski definition) is 2. The van der Waals surface area contributed by atoms with Gasteiger partial charge in [0.1, 0.15) is 0 Å². The molecule has 5 nitrogen and oxygen atoms in total. The number of aryl methyl sites for hydroxylation is 1. The molecule has 1 atom stereocenters. The number of carboxylic acid groups (broad SMARTS) is 1. The number of hydrogen-bond acceptors (Lipinski definition) is 3. The standard InChI is InChI=1S/C17H19NO4S/c1-3-13-8-10-14(11-9-13)23(21,22)18-16-7-5-4-6-15(16)12(2)17(19)20/h4-12,18H,3H2,1-2H3,(H,19,20)/t12-/m1/s1. The van der Waals surface area contributed by atoms with Crippen molar-refractivity contribution in [3.05, 3.63) is 59.7 Å². The summed E-state index contributed by atoms with van der Waals surface area (Å²) in [6, 6.07) is 13.1. The van der Waals surface area contributed by atoms with Gasteiger partial charge in [-0.3, -0.25) is 9.52 Å². The lowest BCUT2D eigenvalue weighted by atomic mass is 10.00. The van der Waals surface area contributed by atoms with E-state index in [2.05, 4.69) is 4.72 Å². The smallest absolute Gasteiger partial charge is 0.310 e. The molecule has 0 saturated carbocycles. The molecule has 0 heterocycles. The van der Waals surface area contributed by atoms with Gasteiger partial charge in [0.25, 0.3) is 10.0 Å². The number of aliphatic carboxylic acids is 1. The number of nitrogens with one attached hydrogen (secondary N) is 1. The van der Waals surface area contributed by atoms with Gasteiger partial charge in [-0.2, -0.15) is 0 Å². The summed E-state index contributed by atoms with van der Waals surface area (Å²) in [6.07, 6.45) is 0.826. The summed E-state index contributed by atoms with van der Waals surface area (Å²) in [5.74, 6) is -1.82. The van der Waals surface area contributed by atoms with Crippen LogP contribution < -0.4 is 4.72 Å². The molecule has 0 amide bonds. The van der Waals surface area contributed by atoms with Crippen LogP contribution in [0.4, 0.5) is 5.69 Å². The van der Waals surface area contributed by atoms with Crippen LogP contribution in [-0.4, -0.2) is 19.5 Å². The first-order valence-corrected chi connectivity index (χ1v) is 8.77. The molecule has 0 spiro atoms. The number of benzene rings is 2. The van der Waals surface area contributed by atoms with Crippen molar-refractivity contribution >= 4 is 21.7 Å². The minimum absolute atomic E-state index is 0.146. The summed E-state index contributed by atoms with van der Waals surface area (Å²) < 4.78 is 27.5. The Morgan fingerprint density at radius 1 is 1.13 bits per heavy atom. The Bertz CT molecular complexity index is 798. The van der Waals surface area contributed by atoms with E-state index in [9.17, 15) is 13.2 Å². The predicted molar refractivity (Wildman–Crippen MR) is 89.1 cm³/mol. The topological polar surface area (TPSA) is 83.5 Å². The van der Waals surface area contributed by atoms with E-state index in [1.54, 1.807) is 48.5 Å². The maximum atomic E-state index is 12.5. The van der Waals surface area contributed by atoms with E-state index < -0.39 is 21.9 Å². The van der Waals surface area contributed by atoms with Crippen molar-refractivity contribution in [3.63, 3.8) is 0 Å². The van der Waals surface area contributed by atoms with Gasteiger partial charge < -0.3 is 5.11 Å². The molecule has 0 unspecified atom stereocenters. The molecule has 0 aromatic heterocycles. The van der Waals surface area contributed by atoms with E-state index in [1.165, 1.54) is 6.92 Å². The molecule has 122 valence electrons. The second-order valence-electron chi connectivity index (χ2n) is 5.25. The van der Waals surface area contributed by atoms with Gasteiger partial charge in [-0.1, -0.05) is 37.3 Å². The molecular formula is C17H19NO4S. The fourth-order valence-corrected chi connectivity index (χ4v) is 3.30. The molecule has 6 heteroatoms. The number of carboxylic acids is 1. The predicted octanol–water partition coefficient (Wildman–Crippen LogP) is 3.24. The highest BCUT2D eigenvalue weighted by molar-refractivity contribution is 7.92. The lowest BCUT2D eigenvalue weighted by Crippen LogP contribution is -2.16. The van der Waals surface area contributed by atoms with E-state index in [-0.39, 0.29) is 10.6 Å². The largest absolute Gasteiger partial charge is 0.481 e. The third kappa shape index (κ3) is 3.90. The summed E-state index contributed by atoms with van der Waals surface area (Å²) in [4.78, 5) is 11.3. The highest BCUT2D eigenvalue weighted by atomic mass is 32.2. The fourth-order valence-electron chi connectivity index (χ4n) is 2.21. The summed E-state index contributed by atoms with van der Waals surface area (Å²) >= 11 is 0. The van der Waals surface area contributed by atoms with Gasteiger partial charge in [0, 0.05) is 0 Å². The van der Waals surface area contributed by atoms with Crippen molar-refractivity contribution in [3.8, 4) is 0 Å². The van der Waals surface area contributed by atoms with Crippen LogP contribution in [0, 0.1) is 0 Å². The second kappa shape index (κ2) is 6.83. The molecule has 0 aliphatic rings. The van der Waals surface area contributed by atoms with Crippen molar-refractivity contribution in [1.29, 1.82) is 0 Å². The average molecular weight is 333 g/mol. The monoisotopic (exact) mass is 333 g/mol. The van der Waals surface area contributed by atoms with Gasteiger partial charge in [0.2, 0.25) is 0 Å². The quantitative estimate of drug-likeness (QED) is 0.850. The first-order chi connectivity index (χ1) is 10.8. The van der Waals surface area contributed by atoms with Crippen LogP contribution in [0.2, 0.25) is 0 Å². The number of carbonyl (C=O) groups is 1. The third-order valence-electron chi connectivity index (χ3n) is 3.68. The molecule has 2 rings (SSSR count). The maximum absolute atomic E-state index is 12.5. The molecule has 2 aromatic carbocycles. The van der Waals surface area contributed by atoms with E-state index in [0.29, 0.717) is 5.56 Å². The number of rotatable bonds is 6. The highest BCUT2D eigenvalue weighted by Crippen LogP contribution is 2.26. The zero-order valence-corrected chi connectivity index (χ0v) is 13.8. The number of para-hydroxylation sites is 1. The molecule has 0 aliphatic carbocycles. The Balaban J connectivity index is 2.35. The van der Waals surface area contributed by atoms with Crippen LogP contribution in [0.15, 0.2) is 53.4 Å². The molecular weight excluding hydrogens is 314 g/mol. The Kier molecular flexibility index (Phi) is 5.05. The van der Waals surface area contributed by atoms with Gasteiger partial charge in [-0.05, 0) is 42.7 Å². The molecule has 23 heavy (non-hydrogen) atoms. The summed E-state index contributed by atoms with van der Waals surface area (Å²) in [5, 5.41) is 9.16. The van der Waals surface area contributed by atoms with Crippen LogP contribution >= 0.6 is 0 Å². The maximum Gasteiger partial charge on any atom is 0.310 e. The Morgan fingerprint density at radius 2 is 1.74 bits per heavy atom. The highest BCUT2D eigenvalue weighted by Gasteiger charge is 2.21. The van der Waals surface area contributed by atoms with Crippen LogP contribution in [0.1, 0.15) is 30.9 Å². The molecule has 0 bridgehead atoms. The van der Waals surface area contributed by atoms with E-state index in [4.69, 9.17) is 5.11 Å². The minimum atomic E-state index is -3.76. The normalized spacial score (nSPS) is 12.6. The lowest BCUT2D eigenvalue weighted by Gasteiger charge is -2.15. The third-order valence-corrected chi connectivity index (χ3v) is 5.07. The first kappa shape index (κ1) is 17.0. The van der Waals surface area contributed by atoms with E-state index in [0.717, 1.165) is 12.0 Å². The minimum Gasteiger partial charge on any atom is -0.481 e. The summed E-state index contributed by atoms with van der Waals surface area (Å²) in [7, 11) is -3.76. The molecule has 0 fully saturated rings. The van der Waals surface area contributed by atoms with Gasteiger partial charge in [-0.25, -0.2) is 8.42 Å². The second-order valence-corrected chi connectivity index (χ2v) is 6.93. The summed E-state index contributed by atoms with van der Waals surface area (Å²) in [5.41, 5.74) is 1.75. The molecule has 0 radical (unpaired) electrons. The van der Waals surface area contributed by atoms with E-state index in [1.807, 2.05) is 6.92 Å². The van der Waals surface area contributed by atoms with Crippen molar-refractivity contribution in [1.82, 2.24) is 0 Å². The van der Waals surface area contributed by atoms with Crippen LogP contribution in [0.25, 0.3) is 0 Å². The van der Waals surface area contributed by atoms with Crippen molar-refractivity contribution in [2.45, 2.75) is 31.1 Å². The molecule has 2 N–H and O–H groups in total. The van der Waals surface area contributed by atoms with Gasteiger partial charge >= 0.3 is 5.97 Å². The van der Waals surface area contributed by atoms with Crippen LogP contribution in [0.5, 0.6) is 0 Å². The molecule has 2 aromatic rings. The van der Waals surface area contributed by atoms with Crippen LogP contribution in [-0.2, 0) is 21.2 Å². The Hall–Kier alpha value is -2.34. The molecule has 0 saturated heterocycles. The molecule has 0 aliphatic heterocycles. The van der Waals surface area contributed by atoms with Crippen molar-refractivity contribution in [2.75, 3.05) is 4.72 Å². The average Bonchev–Trinajstić information content (AvgIpc) is 2.54.